The molecule has 0 amide bonds. The van der Waals surface area contributed by atoms with E-state index in [9.17, 15) is 5.11 Å². The van der Waals surface area contributed by atoms with E-state index in [-0.39, 0.29) is 5.95 Å². The highest BCUT2D eigenvalue weighted by Gasteiger charge is 2.12. The van der Waals surface area contributed by atoms with Gasteiger partial charge in [-0.15, -0.1) is 0 Å². The fraction of sp³-hybridized carbons (Fsp3) is 0.667. The average Bonchev–Trinajstić information content (AvgIpc) is 2.30. The maximum Gasteiger partial charge on any atom is 0.233 e. The summed E-state index contributed by atoms with van der Waals surface area (Å²) in [6, 6.07) is 0. The molecule has 0 saturated carbocycles. The van der Waals surface area contributed by atoms with Crippen molar-refractivity contribution in [2.24, 2.45) is 0 Å². The number of aromatic nitrogens is 2. The van der Waals surface area contributed by atoms with Crippen LogP contribution in [-0.4, -0.2) is 26.6 Å². The molecule has 12 heavy (non-hydrogen) atoms. The highest BCUT2D eigenvalue weighted by molar-refractivity contribution is 7.09. The number of anilines is 2. The van der Waals surface area contributed by atoms with Gasteiger partial charge in [0, 0.05) is 18.1 Å². The molecule has 0 unspecified atom stereocenters. The van der Waals surface area contributed by atoms with Crippen LogP contribution in [0, 0.1) is 0 Å². The fourth-order valence-corrected chi connectivity index (χ4v) is 1.09. The lowest BCUT2D eigenvalue weighted by Gasteiger charge is -2.16. The summed E-state index contributed by atoms with van der Waals surface area (Å²) in [7, 11) is 0. The van der Waals surface area contributed by atoms with Gasteiger partial charge in [-0.25, -0.2) is 0 Å². The van der Waals surface area contributed by atoms with Crippen molar-refractivity contribution in [3.63, 3.8) is 0 Å². The molecule has 0 radical (unpaired) electrons. The molecule has 1 aromatic rings. The zero-order chi connectivity index (χ0) is 9.19. The summed E-state index contributed by atoms with van der Waals surface area (Å²) in [5.74, 6) is 0.262. The molecule has 0 spiro atoms. The summed E-state index contributed by atoms with van der Waals surface area (Å²) in [5.41, 5.74) is 4.55. The molecule has 0 aliphatic heterocycles. The van der Waals surface area contributed by atoms with Gasteiger partial charge in [0.2, 0.25) is 11.1 Å². The minimum absolute atomic E-state index is 0.262. The van der Waals surface area contributed by atoms with E-state index in [0.29, 0.717) is 11.7 Å². The van der Waals surface area contributed by atoms with Crippen molar-refractivity contribution in [3.05, 3.63) is 0 Å². The summed E-state index contributed by atoms with van der Waals surface area (Å²) in [6.07, 6.45) is 0. The second kappa shape index (κ2) is 3.24. The van der Waals surface area contributed by atoms with Crippen molar-refractivity contribution in [3.8, 4) is 0 Å². The zero-order valence-electron chi connectivity index (χ0n) is 7.03. The molecule has 1 aromatic heterocycles. The number of hydrogen-bond acceptors (Lipinski definition) is 6. The number of hydrogen-bond donors (Lipinski definition) is 3. The molecule has 5 nitrogen and oxygen atoms in total. The topological polar surface area (TPSA) is 84.1 Å². The monoisotopic (exact) mass is 188 g/mol. The minimum atomic E-state index is -0.750. The van der Waals surface area contributed by atoms with E-state index in [1.165, 1.54) is 11.5 Å². The van der Waals surface area contributed by atoms with E-state index in [2.05, 4.69) is 14.7 Å². The smallest absolute Gasteiger partial charge is 0.233 e. The number of rotatable bonds is 3. The molecular weight excluding hydrogens is 176 g/mol. The van der Waals surface area contributed by atoms with Crippen LogP contribution < -0.4 is 11.1 Å². The molecule has 0 aliphatic carbocycles. The van der Waals surface area contributed by atoms with Crippen LogP contribution in [0.2, 0.25) is 0 Å². The normalized spacial score (nSPS) is 11.6. The van der Waals surface area contributed by atoms with Crippen LogP contribution in [-0.2, 0) is 0 Å². The summed E-state index contributed by atoms with van der Waals surface area (Å²) in [5, 5.41) is 12.9. The predicted molar refractivity (Wildman–Crippen MR) is 49.1 cm³/mol. The predicted octanol–water partition coefficient (Wildman–Crippen LogP) is 0.303. The Morgan fingerprint density at radius 1 is 1.67 bits per heavy atom. The van der Waals surface area contributed by atoms with Gasteiger partial charge in [-0.2, -0.15) is 9.36 Å². The maximum atomic E-state index is 9.35. The standard InChI is InChI=1S/C6H12N4OS/c1-6(2,11)3-8-5-9-4(7)10-12-5/h11H,3H2,1-2H3,(H3,7,8,9,10). The van der Waals surface area contributed by atoms with Crippen LogP contribution in [0.4, 0.5) is 11.1 Å². The third kappa shape index (κ3) is 3.02. The Labute approximate surface area is 74.8 Å². The van der Waals surface area contributed by atoms with Crippen molar-refractivity contribution >= 4 is 22.6 Å². The summed E-state index contributed by atoms with van der Waals surface area (Å²) in [6.45, 7) is 3.86. The molecule has 68 valence electrons. The number of nitrogens with zero attached hydrogens (tertiary/aromatic N) is 2. The molecule has 1 heterocycles. The van der Waals surface area contributed by atoms with Gasteiger partial charge in [0.05, 0.1) is 5.60 Å². The van der Waals surface area contributed by atoms with Gasteiger partial charge in [-0.05, 0) is 13.8 Å². The number of nitrogens with one attached hydrogen (secondary N) is 1. The number of nitrogen functional groups attached to an aromatic ring is 1. The Morgan fingerprint density at radius 2 is 2.33 bits per heavy atom. The van der Waals surface area contributed by atoms with Crippen LogP contribution in [0.25, 0.3) is 0 Å². The second-order valence-electron chi connectivity index (χ2n) is 3.12. The van der Waals surface area contributed by atoms with E-state index in [4.69, 9.17) is 5.73 Å². The number of aliphatic hydroxyl groups is 1. The molecule has 0 fully saturated rings. The quantitative estimate of drug-likeness (QED) is 0.635. The lowest BCUT2D eigenvalue weighted by molar-refractivity contribution is 0.0945. The number of nitrogens with two attached hydrogens (primary N) is 1. The van der Waals surface area contributed by atoms with E-state index in [1.54, 1.807) is 13.8 Å². The molecule has 4 N–H and O–H groups in total. The summed E-state index contributed by atoms with van der Waals surface area (Å²) >= 11 is 1.18. The van der Waals surface area contributed by atoms with Crippen LogP contribution in [0.3, 0.4) is 0 Å². The van der Waals surface area contributed by atoms with Crippen LogP contribution in [0.5, 0.6) is 0 Å². The van der Waals surface area contributed by atoms with Crippen molar-refractivity contribution in [1.82, 2.24) is 9.36 Å². The van der Waals surface area contributed by atoms with Gasteiger partial charge in [-0.3, -0.25) is 0 Å². The van der Waals surface area contributed by atoms with Gasteiger partial charge in [0.15, 0.2) is 0 Å². The van der Waals surface area contributed by atoms with Crippen molar-refractivity contribution in [2.45, 2.75) is 19.4 Å². The maximum absolute atomic E-state index is 9.35. The van der Waals surface area contributed by atoms with E-state index in [0.717, 1.165) is 0 Å². The fourth-order valence-electron chi connectivity index (χ4n) is 0.599. The minimum Gasteiger partial charge on any atom is -0.389 e. The van der Waals surface area contributed by atoms with Gasteiger partial charge >= 0.3 is 0 Å². The molecule has 6 heteroatoms. The Hall–Kier alpha value is -0.880. The molecule has 0 aliphatic rings. The Kier molecular flexibility index (Phi) is 2.49. The lowest BCUT2D eigenvalue weighted by Crippen LogP contribution is -2.29. The molecule has 0 atom stereocenters. The van der Waals surface area contributed by atoms with Crippen molar-refractivity contribution in [2.75, 3.05) is 17.6 Å². The summed E-state index contributed by atoms with van der Waals surface area (Å²) < 4.78 is 3.78. The lowest BCUT2D eigenvalue weighted by atomic mass is 10.1. The SMILES string of the molecule is CC(C)(O)CNc1nc(N)ns1. The first-order valence-electron chi connectivity index (χ1n) is 3.53. The first-order chi connectivity index (χ1) is 5.47. The average molecular weight is 188 g/mol. The zero-order valence-corrected chi connectivity index (χ0v) is 7.85. The van der Waals surface area contributed by atoms with Gasteiger partial charge in [0.25, 0.3) is 0 Å². The van der Waals surface area contributed by atoms with E-state index < -0.39 is 5.60 Å². The molecule has 0 saturated heterocycles. The molecule has 0 aromatic carbocycles. The molecular formula is C6H12N4OS. The Balaban J connectivity index is 2.44. The van der Waals surface area contributed by atoms with Gasteiger partial charge < -0.3 is 16.2 Å². The van der Waals surface area contributed by atoms with Gasteiger partial charge in [-0.1, -0.05) is 0 Å². The van der Waals surface area contributed by atoms with Crippen molar-refractivity contribution < 1.29 is 5.11 Å². The molecule has 0 bridgehead atoms. The van der Waals surface area contributed by atoms with E-state index in [1.807, 2.05) is 0 Å². The molecule has 1 rings (SSSR count). The second-order valence-corrected chi connectivity index (χ2v) is 3.88. The third-order valence-corrected chi connectivity index (χ3v) is 1.80. The highest BCUT2D eigenvalue weighted by atomic mass is 32.1. The summed E-state index contributed by atoms with van der Waals surface area (Å²) in [4.78, 5) is 3.88. The van der Waals surface area contributed by atoms with Crippen LogP contribution in [0.1, 0.15) is 13.8 Å². The van der Waals surface area contributed by atoms with Crippen LogP contribution >= 0.6 is 11.5 Å². The van der Waals surface area contributed by atoms with E-state index >= 15 is 0 Å². The van der Waals surface area contributed by atoms with Crippen LogP contribution in [0.15, 0.2) is 0 Å². The highest BCUT2D eigenvalue weighted by Crippen LogP contribution is 2.12. The first-order valence-corrected chi connectivity index (χ1v) is 4.30. The Morgan fingerprint density at radius 3 is 2.75 bits per heavy atom. The third-order valence-electron chi connectivity index (χ3n) is 1.11. The largest absolute Gasteiger partial charge is 0.389 e. The Bertz CT molecular complexity index is 254. The van der Waals surface area contributed by atoms with Crippen molar-refractivity contribution in [1.29, 1.82) is 0 Å². The first kappa shape index (κ1) is 9.21. The van der Waals surface area contributed by atoms with Gasteiger partial charge in [0.1, 0.15) is 0 Å².